The summed E-state index contributed by atoms with van der Waals surface area (Å²) in [5.74, 6) is 0. The highest BCUT2D eigenvalue weighted by molar-refractivity contribution is 5.86. The molecule has 3 heterocycles. The van der Waals surface area contributed by atoms with Gasteiger partial charge in [0.25, 0.3) is 0 Å². The lowest BCUT2D eigenvalue weighted by molar-refractivity contribution is 0.879. The van der Waals surface area contributed by atoms with Crippen molar-refractivity contribution in [3.05, 3.63) is 42.9 Å². The smallest absolute Gasteiger partial charge is 0.165 e. The quantitative estimate of drug-likeness (QED) is 0.441. The fourth-order valence-electron chi connectivity index (χ4n) is 2.10. The van der Waals surface area contributed by atoms with Crippen LogP contribution in [0.1, 0.15) is 0 Å². The number of para-hydroxylation sites is 2. The minimum Gasteiger partial charge on any atom is -0.296 e. The summed E-state index contributed by atoms with van der Waals surface area (Å²) in [5, 5.41) is 8.03. The molecule has 0 aliphatic heterocycles. The third kappa shape index (κ3) is 0.785. The molecule has 16 heavy (non-hydrogen) atoms. The first kappa shape index (κ1) is 7.81. The lowest BCUT2D eigenvalue weighted by atomic mass is 10.3. The normalized spacial score (nSPS) is 11.8. The van der Waals surface area contributed by atoms with Gasteiger partial charge in [0, 0.05) is 12.4 Å². The molecule has 0 N–H and O–H groups in total. The van der Waals surface area contributed by atoms with E-state index in [1.807, 2.05) is 39.4 Å². The van der Waals surface area contributed by atoms with Gasteiger partial charge in [-0.2, -0.15) is 0 Å². The molecular formula is C11H7N5. The van der Waals surface area contributed by atoms with Crippen LogP contribution in [0.4, 0.5) is 0 Å². The topological polar surface area (TPSA) is 47.5 Å². The molecule has 1 aromatic carbocycles. The van der Waals surface area contributed by atoms with Crippen LogP contribution < -0.4 is 0 Å². The maximum atomic E-state index is 4.33. The molecular weight excluding hydrogens is 202 g/mol. The van der Waals surface area contributed by atoms with Gasteiger partial charge in [-0.05, 0) is 12.1 Å². The van der Waals surface area contributed by atoms with Crippen molar-refractivity contribution >= 4 is 22.2 Å². The summed E-state index contributed by atoms with van der Waals surface area (Å²) in [6.45, 7) is 0. The Bertz CT molecular complexity index is 742. The highest BCUT2D eigenvalue weighted by Gasteiger charge is 2.09. The van der Waals surface area contributed by atoms with Gasteiger partial charge in [0.05, 0.1) is 17.2 Å². The molecule has 0 radical (unpaired) electrons. The lowest BCUT2D eigenvalue weighted by Gasteiger charge is -2.03. The minimum atomic E-state index is 0.878. The Balaban J connectivity index is 2.51. The van der Waals surface area contributed by atoms with Gasteiger partial charge >= 0.3 is 0 Å². The fraction of sp³-hybridized carbons (Fsp3) is 0. The first-order valence-electron chi connectivity index (χ1n) is 4.99. The number of aromatic nitrogens is 5. The highest BCUT2D eigenvalue weighted by Crippen LogP contribution is 2.19. The molecule has 0 saturated heterocycles. The van der Waals surface area contributed by atoms with E-state index in [1.165, 1.54) is 0 Å². The zero-order valence-electron chi connectivity index (χ0n) is 8.28. The summed E-state index contributed by atoms with van der Waals surface area (Å²) >= 11 is 0. The molecule has 0 aliphatic rings. The number of benzene rings is 1. The van der Waals surface area contributed by atoms with Gasteiger partial charge in [0.15, 0.2) is 5.65 Å². The van der Waals surface area contributed by atoms with E-state index < -0.39 is 0 Å². The van der Waals surface area contributed by atoms with E-state index in [4.69, 9.17) is 0 Å². The van der Waals surface area contributed by atoms with Crippen molar-refractivity contribution in [1.29, 1.82) is 0 Å². The molecule has 0 aliphatic carbocycles. The summed E-state index contributed by atoms with van der Waals surface area (Å²) in [6, 6.07) is 8.07. The van der Waals surface area contributed by atoms with E-state index in [-0.39, 0.29) is 0 Å². The zero-order chi connectivity index (χ0) is 10.5. The molecule has 0 spiro atoms. The molecule has 3 aromatic heterocycles. The SMILES string of the molecule is c1ccc2c(c1)n1ccnc1c1cnnn21. The van der Waals surface area contributed by atoms with Crippen molar-refractivity contribution in [2.75, 3.05) is 0 Å². The van der Waals surface area contributed by atoms with Crippen molar-refractivity contribution in [2.24, 2.45) is 0 Å². The number of hydrogen-bond donors (Lipinski definition) is 0. The maximum absolute atomic E-state index is 4.33. The second-order valence-electron chi connectivity index (χ2n) is 3.64. The second-order valence-corrected chi connectivity index (χ2v) is 3.64. The van der Waals surface area contributed by atoms with E-state index in [2.05, 4.69) is 15.3 Å². The second kappa shape index (κ2) is 2.57. The summed E-state index contributed by atoms with van der Waals surface area (Å²) in [5.41, 5.74) is 3.90. The minimum absolute atomic E-state index is 0.878. The van der Waals surface area contributed by atoms with Crippen LogP contribution in [0.25, 0.3) is 22.2 Å². The Hall–Kier alpha value is -2.43. The average molecular weight is 209 g/mol. The van der Waals surface area contributed by atoms with Gasteiger partial charge in [-0.15, -0.1) is 5.10 Å². The number of rotatable bonds is 0. The monoisotopic (exact) mass is 209 g/mol. The third-order valence-corrected chi connectivity index (χ3v) is 2.79. The van der Waals surface area contributed by atoms with Gasteiger partial charge in [-0.1, -0.05) is 17.3 Å². The summed E-state index contributed by atoms with van der Waals surface area (Å²) < 4.78 is 3.87. The molecule has 5 nitrogen and oxygen atoms in total. The number of hydrogen-bond acceptors (Lipinski definition) is 3. The van der Waals surface area contributed by atoms with Crippen LogP contribution in [-0.4, -0.2) is 24.2 Å². The number of imidazole rings is 1. The summed E-state index contributed by atoms with van der Waals surface area (Å²) in [7, 11) is 0. The molecule has 0 amide bonds. The van der Waals surface area contributed by atoms with E-state index in [9.17, 15) is 0 Å². The predicted molar refractivity (Wildman–Crippen MR) is 59.2 cm³/mol. The van der Waals surface area contributed by atoms with Gasteiger partial charge in [0.2, 0.25) is 0 Å². The largest absolute Gasteiger partial charge is 0.296 e. The van der Waals surface area contributed by atoms with E-state index in [1.54, 1.807) is 12.4 Å². The predicted octanol–water partition coefficient (Wildman–Crippen LogP) is 1.53. The van der Waals surface area contributed by atoms with Gasteiger partial charge in [-0.3, -0.25) is 4.40 Å². The molecule has 5 heteroatoms. The van der Waals surface area contributed by atoms with Crippen molar-refractivity contribution in [3.63, 3.8) is 0 Å². The summed E-state index contributed by atoms with van der Waals surface area (Å²) in [4.78, 5) is 4.33. The van der Waals surface area contributed by atoms with E-state index >= 15 is 0 Å². The Kier molecular flexibility index (Phi) is 1.26. The van der Waals surface area contributed by atoms with Crippen molar-refractivity contribution in [1.82, 2.24) is 24.2 Å². The molecule has 76 valence electrons. The van der Waals surface area contributed by atoms with Crippen molar-refractivity contribution in [3.8, 4) is 0 Å². The molecule has 4 aromatic rings. The van der Waals surface area contributed by atoms with Crippen LogP contribution in [0.5, 0.6) is 0 Å². The molecule has 4 rings (SSSR count). The summed E-state index contributed by atoms with van der Waals surface area (Å²) in [6.07, 6.45) is 5.47. The Labute approximate surface area is 89.9 Å². The van der Waals surface area contributed by atoms with Gasteiger partial charge in [0.1, 0.15) is 5.52 Å². The average Bonchev–Trinajstić information content (AvgIpc) is 2.98. The van der Waals surface area contributed by atoms with Crippen LogP contribution in [0.2, 0.25) is 0 Å². The standard InChI is InChI=1S/C11H7N5/c1-2-4-9-8(3-1)15-6-5-12-11(15)10-7-13-14-16(9)10/h1-7H. The Morgan fingerprint density at radius 2 is 1.88 bits per heavy atom. The van der Waals surface area contributed by atoms with Gasteiger partial charge in [-0.25, -0.2) is 9.50 Å². The Morgan fingerprint density at radius 3 is 2.81 bits per heavy atom. The van der Waals surface area contributed by atoms with Crippen LogP contribution >= 0.6 is 0 Å². The molecule has 0 saturated carbocycles. The first-order valence-corrected chi connectivity index (χ1v) is 4.99. The molecule has 0 bridgehead atoms. The maximum Gasteiger partial charge on any atom is 0.165 e. The van der Waals surface area contributed by atoms with Crippen molar-refractivity contribution in [2.45, 2.75) is 0 Å². The molecule has 0 atom stereocenters. The van der Waals surface area contributed by atoms with Crippen molar-refractivity contribution < 1.29 is 0 Å². The Morgan fingerprint density at radius 1 is 1.00 bits per heavy atom. The van der Waals surface area contributed by atoms with E-state index in [0.717, 1.165) is 22.2 Å². The molecule has 0 unspecified atom stereocenters. The highest BCUT2D eigenvalue weighted by atomic mass is 15.4. The molecule has 0 fully saturated rings. The number of nitrogens with zero attached hydrogens (tertiary/aromatic N) is 5. The lowest BCUT2D eigenvalue weighted by Crippen LogP contribution is -1.97. The van der Waals surface area contributed by atoms with Crippen LogP contribution in [0, 0.1) is 0 Å². The number of fused-ring (bicyclic) bond motifs is 6. The van der Waals surface area contributed by atoms with Crippen LogP contribution in [0.15, 0.2) is 42.9 Å². The third-order valence-electron chi connectivity index (χ3n) is 2.79. The zero-order valence-corrected chi connectivity index (χ0v) is 8.28. The van der Waals surface area contributed by atoms with Crippen LogP contribution in [-0.2, 0) is 0 Å². The fourth-order valence-corrected chi connectivity index (χ4v) is 2.10. The van der Waals surface area contributed by atoms with Gasteiger partial charge < -0.3 is 0 Å². The first-order chi connectivity index (χ1) is 7.95. The van der Waals surface area contributed by atoms with E-state index in [0.29, 0.717) is 0 Å². The van der Waals surface area contributed by atoms with Crippen LogP contribution in [0.3, 0.4) is 0 Å².